The average Bonchev–Trinajstić information content (AvgIpc) is 3.37. The van der Waals surface area contributed by atoms with Gasteiger partial charge in [0.1, 0.15) is 11.7 Å². The monoisotopic (exact) mass is 386 g/mol. The first-order valence-electron chi connectivity index (χ1n) is 8.17. The molecule has 3 aromatic rings. The Balaban J connectivity index is 1.55. The molecular formula is C18H18N4O4S. The van der Waals surface area contributed by atoms with E-state index >= 15 is 0 Å². The molecule has 0 spiro atoms. The summed E-state index contributed by atoms with van der Waals surface area (Å²) in [6.45, 7) is 0. The zero-order valence-corrected chi connectivity index (χ0v) is 15.4. The van der Waals surface area contributed by atoms with Crippen LogP contribution in [0.25, 0.3) is 11.6 Å². The second-order valence-corrected chi connectivity index (χ2v) is 6.51. The fourth-order valence-corrected chi connectivity index (χ4v) is 2.96. The summed E-state index contributed by atoms with van der Waals surface area (Å²) in [6, 6.07) is 12.3. The summed E-state index contributed by atoms with van der Waals surface area (Å²) >= 11 is 1.10. The lowest BCUT2D eigenvalue weighted by Gasteiger charge is -2.16. The van der Waals surface area contributed by atoms with Gasteiger partial charge in [-0.15, -0.1) is 10.2 Å². The molecule has 0 aliphatic heterocycles. The number of hydrogen-bond donors (Lipinski definition) is 2. The molecule has 0 bridgehead atoms. The first-order valence-corrected chi connectivity index (χ1v) is 9.15. The minimum atomic E-state index is -0.761. The van der Waals surface area contributed by atoms with Crippen molar-refractivity contribution in [2.75, 3.05) is 12.9 Å². The molecule has 0 aliphatic carbocycles. The van der Waals surface area contributed by atoms with Gasteiger partial charge in [0.15, 0.2) is 0 Å². The van der Waals surface area contributed by atoms with Crippen LogP contribution in [0.4, 0.5) is 0 Å². The Kier molecular flexibility index (Phi) is 6.26. The number of amides is 1. The van der Waals surface area contributed by atoms with Crippen molar-refractivity contribution in [1.29, 1.82) is 0 Å². The smallest absolute Gasteiger partial charge is 0.328 e. The van der Waals surface area contributed by atoms with E-state index in [9.17, 15) is 9.59 Å². The number of nitrogens with one attached hydrogen (secondary N) is 2. The number of aromatic amines is 1. The lowest BCUT2D eigenvalue weighted by molar-refractivity contribution is -0.144. The van der Waals surface area contributed by atoms with Crippen molar-refractivity contribution in [3.05, 3.63) is 54.2 Å². The molecule has 0 saturated carbocycles. The summed E-state index contributed by atoms with van der Waals surface area (Å²) < 4.78 is 10.3. The van der Waals surface area contributed by atoms with Gasteiger partial charge < -0.3 is 19.5 Å². The van der Waals surface area contributed by atoms with E-state index in [1.165, 1.54) is 7.11 Å². The van der Waals surface area contributed by atoms with E-state index in [0.717, 1.165) is 17.3 Å². The summed E-state index contributed by atoms with van der Waals surface area (Å²) in [5, 5.41) is 10.8. The molecule has 2 heterocycles. The van der Waals surface area contributed by atoms with Gasteiger partial charge in [-0.2, -0.15) is 0 Å². The van der Waals surface area contributed by atoms with Gasteiger partial charge in [-0.05, 0) is 17.7 Å². The fraction of sp³-hybridized carbons (Fsp3) is 0.222. The van der Waals surface area contributed by atoms with Crippen molar-refractivity contribution in [2.24, 2.45) is 0 Å². The summed E-state index contributed by atoms with van der Waals surface area (Å²) in [6.07, 6.45) is 2.10. The van der Waals surface area contributed by atoms with Crippen LogP contribution in [0, 0.1) is 0 Å². The molecule has 0 fully saturated rings. The number of carbonyl (C=O) groups is 2. The van der Waals surface area contributed by atoms with Gasteiger partial charge in [0.25, 0.3) is 11.1 Å². The molecule has 2 aromatic heterocycles. The van der Waals surface area contributed by atoms with Gasteiger partial charge in [-0.25, -0.2) is 4.79 Å². The second kappa shape index (κ2) is 9.04. The van der Waals surface area contributed by atoms with E-state index in [-0.39, 0.29) is 16.9 Å². The van der Waals surface area contributed by atoms with Crippen molar-refractivity contribution >= 4 is 23.6 Å². The Morgan fingerprint density at radius 1 is 1.22 bits per heavy atom. The number of ether oxygens (including phenoxy) is 1. The van der Waals surface area contributed by atoms with Crippen LogP contribution in [0.5, 0.6) is 0 Å². The molecule has 0 saturated heterocycles. The molecule has 1 amide bonds. The molecule has 1 unspecified atom stereocenters. The third-order valence-electron chi connectivity index (χ3n) is 3.67. The molecular weight excluding hydrogens is 368 g/mol. The topological polar surface area (TPSA) is 110 Å². The quantitative estimate of drug-likeness (QED) is 0.450. The Morgan fingerprint density at radius 3 is 2.74 bits per heavy atom. The highest BCUT2D eigenvalue weighted by atomic mass is 32.2. The molecule has 0 aliphatic rings. The van der Waals surface area contributed by atoms with Crippen molar-refractivity contribution in [1.82, 2.24) is 20.5 Å². The van der Waals surface area contributed by atoms with Crippen LogP contribution in [-0.4, -0.2) is 46.0 Å². The first-order chi connectivity index (χ1) is 13.2. The standard InChI is InChI=1S/C18H18N4O4S/c1-25-17(24)14(10-12-6-3-2-4-7-12)20-15(23)11-27-18-22-21-16(26-18)13-8-5-9-19-13/h2-9,14,19H,10-11H2,1H3,(H,20,23). The Hall–Kier alpha value is -3.07. The normalized spacial score (nSPS) is 11.7. The van der Waals surface area contributed by atoms with E-state index in [0.29, 0.717) is 18.0 Å². The molecule has 27 heavy (non-hydrogen) atoms. The molecule has 1 aromatic carbocycles. The number of rotatable bonds is 8. The number of aromatic nitrogens is 3. The zero-order chi connectivity index (χ0) is 19.1. The second-order valence-electron chi connectivity index (χ2n) is 5.58. The van der Waals surface area contributed by atoms with Gasteiger partial charge in [0.2, 0.25) is 5.91 Å². The van der Waals surface area contributed by atoms with Gasteiger partial charge in [-0.1, -0.05) is 42.1 Å². The van der Waals surface area contributed by atoms with Crippen LogP contribution in [0.1, 0.15) is 5.56 Å². The van der Waals surface area contributed by atoms with E-state index < -0.39 is 12.0 Å². The number of H-pyrrole nitrogens is 1. The Morgan fingerprint density at radius 2 is 2.04 bits per heavy atom. The maximum absolute atomic E-state index is 12.2. The van der Waals surface area contributed by atoms with Gasteiger partial charge in [0.05, 0.1) is 12.9 Å². The number of methoxy groups -OCH3 is 1. The number of hydrogen-bond acceptors (Lipinski definition) is 7. The minimum Gasteiger partial charge on any atom is -0.467 e. The number of esters is 1. The highest BCUT2D eigenvalue weighted by molar-refractivity contribution is 7.99. The molecule has 1 atom stereocenters. The number of carbonyl (C=O) groups excluding carboxylic acids is 2. The van der Waals surface area contributed by atoms with Crippen LogP contribution in [0.15, 0.2) is 58.3 Å². The Labute approximate surface area is 159 Å². The maximum Gasteiger partial charge on any atom is 0.328 e. The van der Waals surface area contributed by atoms with Crippen LogP contribution in [0.3, 0.4) is 0 Å². The highest BCUT2D eigenvalue weighted by Gasteiger charge is 2.22. The minimum absolute atomic E-state index is 0.0364. The van der Waals surface area contributed by atoms with E-state index in [1.807, 2.05) is 36.4 Å². The third kappa shape index (κ3) is 5.20. The van der Waals surface area contributed by atoms with Crippen molar-refractivity contribution in [3.63, 3.8) is 0 Å². The summed E-state index contributed by atoms with van der Waals surface area (Å²) in [7, 11) is 1.29. The zero-order valence-electron chi connectivity index (χ0n) is 14.5. The summed E-state index contributed by atoms with van der Waals surface area (Å²) in [5.41, 5.74) is 1.63. The number of nitrogens with zero attached hydrogens (tertiary/aromatic N) is 2. The predicted octanol–water partition coefficient (Wildman–Crippen LogP) is 2.06. The molecule has 0 radical (unpaired) electrons. The van der Waals surface area contributed by atoms with Crippen LogP contribution >= 0.6 is 11.8 Å². The molecule has 9 heteroatoms. The maximum atomic E-state index is 12.2. The van der Waals surface area contributed by atoms with E-state index in [2.05, 4.69) is 20.5 Å². The van der Waals surface area contributed by atoms with Crippen molar-refractivity contribution in [3.8, 4) is 11.6 Å². The van der Waals surface area contributed by atoms with Crippen LogP contribution in [0.2, 0.25) is 0 Å². The molecule has 3 rings (SSSR count). The number of benzene rings is 1. The summed E-state index contributed by atoms with van der Waals surface area (Å²) in [5.74, 6) is -0.441. The number of thioether (sulfide) groups is 1. The SMILES string of the molecule is COC(=O)C(Cc1ccccc1)NC(=O)CSc1nnc(-c2ccc[nH]2)o1. The van der Waals surface area contributed by atoms with E-state index in [1.54, 1.807) is 12.3 Å². The van der Waals surface area contributed by atoms with E-state index in [4.69, 9.17) is 9.15 Å². The summed E-state index contributed by atoms with van der Waals surface area (Å²) in [4.78, 5) is 27.2. The predicted molar refractivity (Wildman–Crippen MR) is 98.9 cm³/mol. The largest absolute Gasteiger partial charge is 0.467 e. The molecule has 2 N–H and O–H groups in total. The highest BCUT2D eigenvalue weighted by Crippen LogP contribution is 2.21. The third-order valence-corrected chi connectivity index (χ3v) is 4.48. The average molecular weight is 386 g/mol. The molecule has 8 nitrogen and oxygen atoms in total. The first kappa shape index (κ1) is 18.7. The van der Waals surface area contributed by atoms with Gasteiger partial charge >= 0.3 is 5.97 Å². The molecule has 140 valence electrons. The van der Waals surface area contributed by atoms with Crippen molar-refractivity contribution < 1.29 is 18.7 Å². The van der Waals surface area contributed by atoms with Gasteiger partial charge in [0, 0.05) is 12.6 Å². The van der Waals surface area contributed by atoms with Crippen LogP contribution in [-0.2, 0) is 20.7 Å². The van der Waals surface area contributed by atoms with Crippen molar-refractivity contribution in [2.45, 2.75) is 17.7 Å². The lowest BCUT2D eigenvalue weighted by Crippen LogP contribution is -2.43. The Bertz CT molecular complexity index is 880. The van der Waals surface area contributed by atoms with Gasteiger partial charge in [-0.3, -0.25) is 4.79 Å². The lowest BCUT2D eigenvalue weighted by atomic mass is 10.1. The van der Waals surface area contributed by atoms with Crippen LogP contribution < -0.4 is 5.32 Å². The fourth-order valence-electron chi connectivity index (χ4n) is 2.39.